The summed E-state index contributed by atoms with van der Waals surface area (Å²) in [6.07, 6.45) is 0. The highest BCUT2D eigenvalue weighted by Crippen LogP contribution is 2.39. The van der Waals surface area contributed by atoms with Gasteiger partial charge in [-0.25, -0.2) is 4.98 Å². The molecule has 0 saturated carbocycles. The van der Waals surface area contributed by atoms with Crippen molar-refractivity contribution in [3.8, 4) is 50.3 Å². The third-order valence-electron chi connectivity index (χ3n) is 10.1. The smallest absolute Gasteiger partial charge is 0.0788 e. The minimum Gasteiger partial charge on any atom is -0.309 e. The average molecular weight is 649 g/mol. The third kappa shape index (κ3) is 5.00. The molecule has 0 unspecified atom stereocenters. The number of benzene rings is 8. The van der Waals surface area contributed by atoms with Gasteiger partial charge in [0.1, 0.15) is 0 Å². The molecule has 0 amide bonds. The van der Waals surface area contributed by atoms with E-state index >= 15 is 0 Å². The molecular weight excluding hydrogens is 617 g/mol. The Balaban J connectivity index is 1.15. The highest BCUT2D eigenvalue weighted by molar-refractivity contribution is 6.12. The van der Waals surface area contributed by atoms with E-state index in [0.29, 0.717) is 0 Å². The Morgan fingerprint density at radius 1 is 0.294 bits per heavy atom. The molecule has 0 N–H and O–H groups in total. The lowest BCUT2D eigenvalue weighted by atomic mass is 9.91. The summed E-state index contributed by atoms with van der Waals surface area (Å²) in [4.78, 5) is 5.28. The van der Waals surface area contributed by atoms with E-state index < -0.39 is 0 Å². The molecule has 10 aromatic rings. The number of para-hydroxylation sites is 3. The van der Waals surface area contributed by atoms with Crippen LogP contribution in [0.3, 0.4) is 0 Å². The van der Waals surface area contributed by atoms with Gasteiger partial charge in [-0.2, -0.15) is 0 Å². The van der Waals surface area contributed by atoms with Crippen molar-refractivity contribution in [3.05, 3.63) is 194 Å². The second-order valence-electron chi connectivity index (χ2n) is 13.2. The van der Waals surface area contributed by atoms with Crippen molar-refractivity contribution >= 4 is 43.5 Å². The maximum atomic E-state index is 5.28. The van der Waals surface area contributed by atoms with Crippen LogP contribution in [0.15, 0.2) is 194 Å². The van der Waals surface area contributed by atoms with Gasteiger partial charge in [-0.15, -0.1) is 0 Å². The summed E-state index contributed by atoms with van der Waals surface area (Å²) in [7, 11) is 0. The Morgan fingerprint density at radius 2 is 0.824 bits per heavy atom. The molecule has 0 bridgehead atoms. The number of pyridine rings is 1. The summed E-state index contributed by atoms with van der Waals surface area (Å²) in [6.45, 7) is 0. The number of hydrogen-bond donors (Lipinski definition) is 0. The average Bonchev–Trinajstić information content (AvgIpc) is 3.55. The van der Waals surface area contributed by atoms with Crippen LogP contribution in [-0.2, 0) is 0 Å². The van der Waals surface area contributed by atoms with Crippen molar-refractivity contribution in [2.24, 2.45) is 0 Å². The van der Waals surface area contributed by atoms with Gasteiger partial charge < -0.3 is 4.57 Å². The highest BCUT2D eigenvalue weighted by atomic mass is 15.0. The molecule has 8 aromatic carbocycles. The molecule has 0 radical (unpaired) electrons. The van der Waals surface area contributed by atoms with Gasteiger partial charge in [0.15, 0.2) is 0 Å². The fourth-order valence-electron chi connectivity index (χ4n) is 7.74. The van der Waals surface area contributed by atoms with Crippen LogP contribution in [0.25, 0.3) is 93.8 Å². The van der Waals surface area contributed by atoms with Crippen molar-refractivity contribution in [2.75, 3.05) is 0 Å². The largest absolute Gasteiger partial charge is 0.309 e. The molecule has 2 heterocycles. The van der Waals surface area contributed by atoms with Crippen molar-refractivity contribution in [3.63, 3.8) is 0 Å². The highest BCUT2D eigenvalue weighted by Gasteiger charge is 2.16. The Kier molecular flexibility index (Phi) is 6.85. The van der Waals surface area contributed by atoms with E-state index in [1.165, 1.54) is 66.1 Å². The van der Waals surface area contributed by atoms with Crippen LogP contribution in [0.5, 0.6) is 0 Å². The first-order valence-electron chi connectivity index (χ1n) is 17.5. The molecule has 0 fully saturated rings. The van der Waals surface area contributed by atoms with E-state index in [1.54, 1.807) is 0 Å². The third-order valence-corrected chi connectivity index (χ3v) is 10.1. The standard InChI is InChI=1S/C49H32N2/c1-3-14-33(15-4-1)37-29-38(31-39(30-37)49-44-23-8-7-20-41(44)42-21-9-11-24-46(42)50-49)35-17-13-16-34(28-35)36-26-27-48-45(32-36)43-22-10-12-25-47(43)51(48)40-18-5-2-6-19-40/h1-32H. The summed E-state index contributed by atoms with van der Waals surface area (Å²) >= 11 is 0. The summed E-state index contributed by atoms with van der Waals surface area (Å²) in [5.74, 6) is 0. The second kappa shape index (κ2) is 12.0. The van der Waals surface area contributed by atoms with Crippen LogP contribution in [-0.4, -0.2) is 9.55 Å². The zero-order valence-corrected chi connectivity index (χ0v) is 27.9. The number of rotatable bonds is 5. The maximum Gasteiger partial charge on any atom is 0.0788 e. The molecule has 2 aromatic heterocycles. The minimum atomic E-state index is 1.000. The predicted molar refractivity (Wildman–Crippen MR) is 215 cm³/mol. The van der Waals surface area contributed by atoms with Crippen molar-refractivity contribution in [1.29, 1.82) is 0 Å². The molecule has 0 aliphatic rings. The van der Waals surface area contributed by atoms with Crippen molar-refractivity contribution in [2.45, 2.75) is 0 Å². The van der Waals surface area contributed by atoms with Crippen LogP contribution in [0, 0.1) is 0 Å². The van der Waals surface area contributed by atoms with E-state index in [4.69, 9.17) is 4.98 Å². The Morgan fingerprint density at radius 3 is 1.63 bits per heavy atom. The SMILES string of the molecule is c1ccc(-c2cc(-c3cccc(-c4ccc5c(c4)c4ccccc4n5-c4ccccc4)c3)cc(-c3nc4ccccc4c4ccccc34)c2)cc1. The monoisotopic (exact) mass is 648 g/mol. The first-order chi connectivity index (χ1) is 25.3. The van der Waals surface area contributed by atoms with Crippen molar-refractivity contribution < 1.29 is 0 Å². The molecule has 238 valence electrons. The molecular formula is C49H32N2. The minimum absolute atomic E-state index is 1.000. The topological polar surface area (TPSA) is 17.8 Å². The molecule has 0 aliphatic carbocycles. The number of fused-ring (bicyclic) bond motifs is 6. The fourth-order valence-corrected chi connectivity index (χ4v) is 7.74. The summed E-state index contributed by atoms with van der Waals surface area (Å²) in [5, 5.41) is 6.05. The van der Waals surface area contributed by atoms with E-state index in [1.807, 2.05) is 0 Å². The van der Waals surface area contributed by atoms with Gasteiger partial charge in [0, 0.05) is 32.8 Å². The lowest BCUT2D eigenvalue weighted by Crippen LogP contribution is -1.93. The van der Waals surface area contributed by atoms with Crippen molar-refractivity contribution in [1.82, 2.24) is 9.55 Å². The fraction of sp³-hybridized carbons (Fsp3) is 0. The normalized spacial score (nSPS) is 11.5. The first kappa shape index (κ1) is 29.2. The van der Waals surface area contributed by atoms with Crippen LogP contribution in [0.2, 0.25) is 0 Å². The van der Waals surface area contributed by atoms with Gasteiger partial charge in [-0.05, 0) is 99.4 Å². The number of hydrogen-bond acceptors (Lipinski definition) is 1. The van der Waals surface area contributed by atoms with Gasteiger partial charge in [0.05, 0.1) is 22.2 Å². The van der Waals surface area contributed by atoms with E-state index in [-0.39, 0.29) is 0 Å². The van der Waals surface area contributed by atoms with Crippen LogP contribution in [0.1, 0.15) is 0 Å². The molecule has 51 heavy (non-hydrogen) atoms. The molecule has 2 heteroatoms. The van der Waals surface area contributed by atoms with E-state index in [0.717, 1.165) is 27.7 Å². The molecule has 0 saturated heterocycles. The Bertz CT molecular complexity index is 2900. The van der Waals surface area contributed by atoms with Gasteiger partial charge in [0.25, 0.3) is 0 Å². The maximum absolute atomic E-state index is 5.28. The van der Waals surface area contributed by atoms with Crippen LogP contribution >= 0.6 is 0 Å². The predicted octanol–water partition coefficient (Wildman–Crippen LogP) is 13.2. The van der Waals surface area contributed by atoms with Gasteiger partial charge in [-0.3, -0.25) is 0 Å². The van der Waals surface area contributed by atoms with Gasteiger partial charge in [-0.1, -0.05) is 133 Å². The molecule has 0 atom stereocenters. The number of nitrogens with zero attached hydrogens (tertiary/aromatic N) is 2. The van der Waals surface area contributed by atoms with E-state index in [2.05, 4.69) is 199 Å². The molecule has 0 aliphatic heterocycles. The summed E-state index contributed by atoms with van der Waals surface area (Å²) in [5.41, 5.74) is 13.8. The lowest BCUT2D eigenvalue weighted by Gasteiger charge is -2.14. The van der Waals surface area contributed by atoms with E-state index in [9.17, 15) is 0 Å². The summed E-state index contributed by atoms with van der Waals surface area (Å²) < 4.78 is 2.37. The van der Waals surface area contributed by atoms with Gasteiger partial charge >= 0.3 is 0 Å². The summed E-state index contributed by atoms with van der Waals surface area (Å²) in [6, 6.07) is 69.9. The molecule has 10 rings (SSSR count). The lowest BCUT2D eigenvalue weighted by molar-refractivity contribution is 1.18. The molecule has 2 nitrogen and oxygen atoms in total. The number of aromatic nitrogens is 2. The second-order valence-corrected chi connectivity index (χ2v) is 13.2. The first-order valence-corrected chi connectivity index (χ1v) is 17.5. The van der Waals surface area contributed by atoms with Crippen LogP contribution in [0.4, 0.5) is 0 Å². The quantitative estimate of drug-likeness (QED) is 0.170. The Labute approximate surface area is 296 Å². The zero-order chi connectivity index (χ0) is 33.7. The van der Waals surface area contributed by atoms with Gasteiger partial charge in [0.2, 0.25) is 0 Å². The van der Waals surface area contributed by atoms with Crippen LogP contribution < -0.4 is 0 Å². The molecule has 0 spiro atoms. The zero-order valence-electron chi connectivity index (χ0n) is 27.9. The Hall–Kier alpha value is -6.77.